The second-order valence-corrected chi connectivity index (χ2v) is 6.23. The molecule has 0 bridgehead atoms. The number of nitrogens with one attached hydrogen (secondary N) is 1. The summed E-state index contributed by atoms with van der Waals surface area (Å²) in [5.41, 5.74) is 6.10. The molecule has 0 unspecified atom stereocenters. The van der Waals surface area contributed by atoms with E-state index < -0.39 is 20.7 Å². The Morgan fingerprint density at radius 1 is 1.15 bits per heavy atom. The van der Waals surface area contributed by atoms with E-state index in [1.807, 2.05) is 0 Å². The number of sulfone groups is 1. The minimum atomic E-state index is -3.82. The van der Waals surface area contributed by atoms with Gasteiger partial charge in [0.2, 0.25) is 0 Å². The molecule has 0 saturated carbocycles. The summed E-state index contributed by atoms with van der Waals surface area (Å²) in [7, 11) is -3.82. The van der Waals surface area contributed by atoms with Gasteiger partial charge in [-0.05, 0) is 23.8 Å². The number of benzene rings is 2. The Labute approximate surface area is 116 Å². The van der Waals surface area contributed by atoms with Crippen molar-refractivity contribution in [3.8, 4) is 0 Å². The first-order valence-corrected chi connectivity index (χ1v) is 7.46. The molecule has 0 saturated heterocycles. The molecular formula is C14H13FN2O2S. The first kappa shape index (κ1) is 14.2. The van der Waals surface area contributed by atoms with Crippen molar-refractivity contribution in [3.05, 3.63) is 65.5 Å². The second-order valence-electron chi connectivity index (χ2n) is 4.31. The molecule has 0 aromatic heterocycles. The van der Waals surface area contributed by atoms with Crippen molar-refractivity contribution in [2.45, 2.75) is 5.75 Å². The van der Waals surface area contributed by atoms with E-state index in [4.69, 9.17) is 11.1 Å². The Balaban J connectivity index is 2.32. The summed E-state index contributed by atoms with van der Waals surface area (Å²) < 4.78 is 37.3. The molecule has 0 radical (unpaired) electrons. The summed E-state index contributed by atoms with van der Waals surface area (Å²) >= 11 is 0. The van der Waals surface area contributed by atoms with Gasteiger partial charge in [0.25, 0.3) is 0 Å². The van der Waals surface area contributed by atoms with Gasteiger partial charge in [-0.25, -0.2) is 12.8 Å². The van der Waals surface area contributed by atoms with Crippen molar-refractivity contribution in [3.63, 3.8) is 0 Å². The molecule has 2 aromatic carbocycles. The van der Waals surface area contributed by atoms with Crippen LogP contribution in [-0.4, -0.2) is 13.5 Å². The van der Waals surface area contributed by atoms with Crippen molar-refractivity contribution in [1.29, 1.82) is 5.41 Å². The maximum atomic E-state index is 13.0. The van der Waals surface area contributed by atoms with Gasteiger partial charge < -0.3 is 5.73 Å². The SMILES string of the molecule is N=C(c1ccc(F)cc1N)S(=O)(=O)Cc1ccccc1. The van der Waals surface area contributed by atoms with Crippen LogP contribution in [-0.2, 0) is 15.6 Å². The number of anilines is 1. The maximum Gasteiger partial charge on any atom is 0.199 e. The van der Waals surface area contributed by atoms with Crippen LogP contribution in [0.3, 0.4) is 0 Å². The summed E-state index contributed by atoms with van der Waals surface area (Å²) in [6.07, 6.45) is 0. The summed E-state index contributed by atoms with van der Waals surface area (Å²) in [4.78, 5) is 0. The molecular weight excluding hydrogens is 279 g/mol. The second kappa shape index (κ2) is 5.42. The molecule has 0 aliphatic rings. The van der Waals surface area contributed by atoms with Crippen LogP contribution in [0, 0.1) is 11.2 Å². The fourth-order valence-corrected chi connectivity index (χ4v) is 3.07. The van der Waals surface area contributed by atoms with Gasteiger partial charge in [-0.1, -0.05) is 30.3 Å². The third-order valence-electron chi connectivity index (χ3n) is 2.77. The lowest BCUT2D eigenvalue weighted by atomic mass is 10.2. The van der Waals surface area contributed by atoms with E-state index in [0.29, 0.717) is 5.56 Å². The Kier molecular flexibility index (Phi) is 3.85. The lowest BCUT2D eigenvalue weighted by molar-refractivity contribution is 0.606. The zero-order valence-corrected chi connectivity index (χ0v) is 11.3. The zero-order valence-electron chi connectivity index (χ0n) is 10.5. The Bertz CT molecular complexity index is 743. The summed E-state index contributed by atoms with van der Waals surface area (Å²) in [6, 6.07) is 11.8. The summed E-state index contributed by atoms with van der Waals surface area (Å²) in [5.74, 6) is -0.858. The van der Waals surface area contributed by atoms with E-state index in [0.717, 1.165) is 12.1 Å². The van der Waals surface area contributed by atoms with Gasteiger partial charge in [-0.15, -0.1) is 0 Å². The average molecular weight is 292 g/mol. The topological polar surface area (TPSA) is 84.0 Å². The first-order valence-electron chi connectivity index (χ1n) is 5.81. The lowest BCUT2D eigenvalue weighted by Gasteiger charge is -2.09. The van der Waals surface area contributed by atoms with Gasteiger partial charge in [0.15, 0.2) is 14.9 Å². The highest BCUT2D eigenvalue weighted by Gasteiger charge is 2.22. The molecule has 0 heterocycles. The number of rotatable bonds is 3. The van der Waals surface area contributed by atoms with E-state index in [1.54, 1.807) is 30.3 Å². The van der Waals surface area contributed by atoms with Crippen LogP contribution in [0.4, 0.5) is 10.1 Å². The number of halogens is 1. The molecule has 0 atom stereocenters. The third kappa shape index (κ3) is 3.03. The molecule has 3 N–H and O–H groups in total. The van der Waals surface area contributed by atoms with Gasteiger partial charge in [-0.2, -0.15) is 0 Å². The van der Waals surface area contributed by atoms with Gasteiger partial charge in [0.05, 0.1) is 5.75 Å². The Morgan fingerprint density at radius 2 is 1.80 bits per heavy atom. The lowest BCUT2D eigenvalue weighted by Crippen LogP contribution is -2.18. The van der Waals surface area contributed by atoms with Crippen molar-refractivity contribution in [2.24, 2.45) is 0 Å². The molecule has 0 aliphatic carbocycles. The molecule has 20 heavy (non-hydrogen) atoms. The highest BCUT2D eigenvalue weighted by atomic mass is 32.2. The molecule has 0 aliphatic heterocycles. The highest BCUT2D eigenvalue weighted by Crippen LogP contribution is 2.19. The normalized spacial score (nSPS) is 11.2. The van der Waals surface area contributed by atoms with Crippen LogP contribution in [0.2, 0.25) is 0 Å². The van der Waals surface area contributed by atoms with Crippen LogP contribution in [0.5, 0.6) is 0 Å². The minimum Gasteiger partial charge on any atom is -0.398 e. The van der Waals surface area contributed by atoms with Crippen molar-refractivity contribution in [1.82, 2.24) is 0 Å². The van der Waals surface area contributed by atoms with E-state index in [1.165, 1.54) is 6.07 Å². The Hall–Kier alpha value is -2.21. The smallest absolute Gasteiger partial charge is 0.199 e. The average Bonchev–Trinajstić information content (AvgIpc) is 2.38. The van der Waals surface area contributed by atoms with Crippen LogP contribution in [0.25, 0.3) is 0 Å². The molecule has 0 fully saturated rings. The van der Waals surface area contributed by atoms with Gasteiger partial charge in [-0.3, -0.25) is 5.41 Å². The summed E-state index contributed by atoms with van der Waals surface area (Å²) in [6.45, 7) is 0. The fourth-order valence-electron chi connectivity index (χ4n) is 1.77. The maximum absolute atomic E-state index is 13.0. The predicted molar refractivity (Wildman–Crippen MR) is 76.7 cm³/mol. The van der Waals surface area contributed by atoms with Crippen LogP contribution < -0.4 is 5.73 Å². The van der Waals surface area contributed by atoms with E-state index in [-0.39, 0.29) is 17.0 Å². The third-order valence-corrected chi connectivity index (χ3v) is 4.32. The van der Waals surface area contributed by atoms with Crippen molar-refractivity contribution >= 4 is 20.6 Å². The number of nitrogen functional groups attached to an aromatic ring is 1. The van der Waals surface area contributed by atoms with Gasteiger partial charge >= 0.3 is 0 Å². The Morgan fingerprint density at radius 3 is 2.40 bits per heavy atom. The van der Waals surface area contributed by atoms with E-state index >= 15 is 0 Å². The molecule has 4 nitrogen and oxygen atoms in total. The van der Waals surface area contributed by atoms with Crippen molar-refractivity contribution in [2.75, 3.05) is 5.73 Å². The molecule has 104 valence electrons. The number of nitrogens with two attached hydrogens (primary N) is 1. The minimum absolute atomic E-state index is 0.0160. The fraction of sp³-hybridized carbons (Fsp3) is 0.0714. The van der Waals surface area contributed by atoms with Gasteiger partial charge in [0, 0.05) is 11.3 Å². The monoisotopic (exact) mass is 292 g/mol. The van der Waals surface area contributed by atoms with E-state index in [9.17, 15) is 12.8 Å². The standard InChI is InChI=1S/C14H13FN2O2S/c15-11-6-7-12(13(16)8-11)14(17)20(18,19)9-10-4-2-1-3-5-10/h1-8,17H,9,16H2. The number of hydrogen-bond donors (Lipinski definition) is 2. The molecule has 2 rings (SSSR count). The quantitative estimate of drug-likeness (QED) is 0.517. The van der Waals surface area contributed by atoms with Crippen LogP contribution in [0.1, 0.15) is 11.1 Å². The first-order chi connectivity index (χ1) is 9.40. The predicted octanol–water partition coefficient (Wildman–Crippen LogP) is 2.35. The van der Waals surface area contributed by atoms with Gasteiger partial charge in [0.1, 0.15) is 5.82 Å². The van der Waals surface area contributed by atoms with Crippen LogP contribution >= 0.6 is 0 Å². The van der Waals surface area contributed by atoms with E-state index in [2.05, 4.69) is 0 Å². The summed E-state index contributed by atoms with van der Waals surface area (Å²) in [5, 5.41) is 7.20. The van der Waals surface area contributed by atoms with Crippen LogP contribution in [0.15, 0.2) is 48.5 Å². The highest BCUT2D eigenvalue weighted by molar-refractivity contribution is 8.06. The largest absolute Gasteiger partial charge is 0.398 e. The number of hydrogen-bond acceptors (Lipinski definition) is 4. The molecule has 0 amide bonds. The molecule has 2 aromatic rings. The molecule has 6 heteroatoms. The zero-order chi connectivity index (χ0) is 14.8. The van der Waals surface area contributed by atoms with Crippen molar-refractivity contribution < 1.29 is 12.8 Å². The molecule has 0 spiro atoms.